The van der Waals surface area contributed by atoms with Gasteiger partial charge in [-0.05, 0) is 39.7 Å². The molecule has 2 aromatic carbocycles. The van der Waals surface area contributed by atoms with Crippen LogP contribution in [-0.2, 0) is 0 Å². The summed E-state index contributed by atoms with van der Waals surface area (Å²) in [5.74, 6) is 0.873. The van der Waals surface area contributed by atoms with Crippen LogP contribution in [0.15, 0.2) is 81.0 Å². The van der Waals surface area contributed by atoms with E-state index in [0.717, 1.165) is 43.5 Å². The van der Waals surface area contributed by atoms with Crippen LogP contribution in [-0.4, -0.2) is 15.7 Å². The number of rotatable bonds is 2. The molecule has 2 aliphatic heterocycles. The van der Waals surface area contributed by atoms with Gasteiger partial charge in [-0.25, -0.2) is 5.01 Å². The summed E-state index contributed by atoms with van der Waals surface area (Å²) in [5, 5.41) is 7.03. The molecule has 0 saturated carbocycles. The molecule has 4 nitrogen and oxygen atoms in total. The maximum Gasteiger partial charge on any atom is 0.215 e. The minimum atomic E-state index is -0.310. The Morgan fingerprint density at radius 2 is 1.89 bits per heavy atom. The molecule has 3 heterocycles. The van der Waals surface area contributed by atoms with Gasteiger partial charge in [-0.1, -0.05) is 52.3 Å². The molecule has 1 aromatic heterocycles. The van der Waals surface area contributed by atoms with E-state index < -0.39 is 0 Å². The first-order valence-corrected chi connectivity index (χ1v) is 10.3. The Labute approximate surface area is 174 Å². The normalized spacial score (nSPS) is 20.5. The number of pyridine rings is 1. The third-order valence-electron chi connectivity index (χ3n) is 4.88. The van der Waals surface area contributed by atoms with E-state index in [4.69, 9.17) is 9.84 Å². The predicted octanol–water partition coefficient (Wildman–Crippen LogP) is 5.85. The van der Waals surface area contributed by atoms with E-state index >= 15 is 0 Å². The molecule has 0 spiro atoms. The highest BCUT2D eigenvalue weighted by atomic mass is 79.9. The summed E-state index contributed by atoms with van der Waals surface area (Å²) < 4.78 is 8.37. The lowest BCUT2D eigenvalue weighted by molar-refractivity contribution is -0.0199. The molecular formula is C21H15Br2N3O. The SMILES string of the molecule is Brc1cc(Br)c2c(c1)[C@H]1CC(c3ccccc3)=NN1[C@@H](c1cccnc1)O2. The summed E-state index contributed by atoms with van der Waals surface area (Å²) in [4.78, 5) is 4.27. The number of fused-ring (bicyclic) bond motifs is 3. The zero-order valence-corrected chi connectivity index (χ0v) is 17.4. The molecular weight excluding hydrogens is 470 g/mol. The van der Waals surface area contributed by atoms with Crippen molar-refractivity contribution in [1.82, 2.24) is 9.99 Å². The van der Waals surface area contributed by atoms with Gasteiger partial charge in [-0.2, -0.15) is 5.10 Å². The third kappa shape index (κ3) is 2.97. The molecule has 5 rings (SSSR count). The van der Waals surface area contributed by atoms with Crippen molar-refractivity contribution >= 4 is 37.6 Å². The fraction of sp³-hybridized carbons (Fsp3) is 0.143. The van der Waals surface area contributed by atoms with E-state index in [-0.39, 0.29) is 12.3 Å². The lowest BCUT2D eigenvalue weighted by Crippen LogP contribution is -2.34. The number of aromatic nitrogens is 1. The van der Waals surface area contributed by atoms with Crippen LogP contribution in [0.4, 0.5) is 0 Å². The van der Waals surface area contributed by atoms with Crippen LogP contribution >= 0.6 is 31.9 Å². The molecule has 0 radical (unpaired) electrons. The topological polar surface area (TPSA) is 37.7 Å². The lowest BCUT2D eigenvalue weighted by atomic mass is 9.96. The van der Waals surface area contributed by atoms with E-state index in [1.807, 2.05) is 42.6 Å². The second kappa shape index (κ2) is 6.77. The first-order valence-electron chi connectivity index (χ1n) is 8.67. The van der Waals surface area contributed by atoms with Gasteiger partial charge in [0.15, 0.2) is 0 Å². The Morgan fingerprint density at radius 1 is 1.04 bits per heavy atom. The van der Waals surface area contributed by atoms with Crippen LogP contribution in [0.5, 0.6) is 5.75 Å². The van der Waals surface area contributed by atoms with E-state index in [9.17, 15) is 0 Å². The molecule has 0 N–H and O–H groups in total. The van der Waals surface area contributed by atoms with E-state index in [1.165, 1.54) is 0 Å². The highest BCUT2D eigenvalue weighted by molar-refractivity contribution is 9.11. The van der Waals surface area contributed by atoms with Crippen LogP contribution in [0.3, 0.4) is 0 Å². The summed E-state index contributed by atoms with van der Waals surface area (Å²) >= 11 is 7.27. The number of hydrogen-bond donors (Lipinski definition) is 0. The fourth-order valence-electron chi connectivity index (χ4n) is 3.66. The smallest absolute Gasteiger partial charge is 0.215 e. The van der Waals surface area contributed by atoms with Crippen molar-refractivity contribution in [1.29, 1.82) is 0 Å². The molecule has 6 heteroatoms. The number of benzene rings is 2. The van der Waals surface area contributed by atoms with Crippen molar-refractivity contribution in [2.24, 2.45) is 5.10 Å². The van der Waals surface area contributed by atoms with Crippen molar-refractivity contribution in [2.75, 3.05) is 0 Å². The third-order valence-corrected chi connectivity index (χ3v) is 5.93. The Hall–Kier alpha value is -2.18. The van der Waals surface area contributed by atoms with Crippen molar-refractivity contribution in [3.63, 3.8) is 0 Å². The zero-order chi connectivity index (χ0) is 18.4. The zero-order valence-electron chi connectivity index (χ0n) is 14.2. The molecule has 134 valence electrons. The van der Waals surface area contributed by atoms with Crippen LogP contribution < -0.4 is 4.74 Å². The average molecular weight is 485 g/mol. The Morgan fingerprint density at radius 3 is 2.67 bits per heavy atom. The molecule has 0 fully saturated rings. The molecule has 0 bridgehead atoms. The van der Waals surface area contributed by atoms with Crippen molar-refractivity contribution in [3.8, 4) is 5.75 Å². The van der Waals surface area contributed by atoms with E-state index in [1.54, 1.807) is 6.20 Å². The van der Waals surface area contributed by atoms with Crippen molar-refractivity contribution in [3.05, 3.63) is 92.6 Å². The van der Waals surface area contributed by atoms with Crippen LogP contribution in [0, 0.1) is 0 Å². The van der Waals surface area contributed by atoms with Gasteiger partial charge in [0.25, 0.3) is 0 Å². The minimum Gasteiger partial charge on any atom is -0.463 e. The van der Waals surface area contributed by atoms with Gasteiger partial charge < -0.3 is 4.74 Å². The monoisotopic (exact) mass is 483 g/mol. The second-order valence-corrected chi connectivity index (χ2v) is 8.35. The second-order valence-electron chi connectivity index (χ2n) is 6.58. The minimum absolute atomic E-state index is 0.114. The molecule has 0 unspecified atom stereocenters. The number of nitrogens with zero attached hydrogens (tertiary/aromatic N) is 3. The van der Waals surface area contributed by atoms with Gasteiger partial charge in [0.05, 0.1) is 16.2 Å². The van der Waals surface area contributed by atoms with Gasteiger partial charge in [0.1, 0.15) is 5.75 Å². The highest BCUT2D eigenvalue weighted by Gasteiger charge is 2.42. The van der Waals surface area contributed by atoms with Crippen LogP contribution in [0.2, 0.25) is 0 Å². The van der Waals surface area contributed by atoms with Gasteiger partial charge in [-0.15, -0.1) is 0 Å². The molecule has 0 amide bonds. The Bertz CT molecular complexity index is 1020. The molecule has 2 aliphatic rings. The average Bonchev–Trinajstić information content (AvgIpc) is 3.15. The number of hydrazone groups is 1. The number of hydrogen-bond acceptors (Lipinski definition) is 4. The Kier molecular flexibility index (Phi) is 4.25. The maximum atomic E-state index is 6.41. The summed E-state index contributed by atoms with van der Waals surface area (Å²) in [6.07, 6.45) is 4.14. The van der Waals surface area contributed by atoms with Gasteiger partial charge in [0.2, 0.25) is 6.23 Å². The summed E-state index contributed by atoms with van der Waals surface area (Å²) in [6, 6.07) is 18.5. The molecule has 2 atom stereocenters. The van der Waals surface area contributed by atoms with Gasteiger partial charge in [0, 0.05) is 34.4 Å². The summed E-state index contributed by atoms with van der Waals surface area (Å²) in [6.45, 7) is 0. The summed E-state index contributed by atoms with van der Waals surface area (Å²) in [5.41, 5.74) is 4.33. The summed E-state index contributed by atoms with van der Waals surface area (Å²) in [7, 11) is 0. The van der Waals surface area contributed by atoms with Crippen LogP contribution in [0.1, 0.15) is 35.4 Å². The molecule has 27 heavy (non-hydrogen) atoms. The van der Waals surface area contributed by atoms with E-state index in [0.29, 0.717) is 0 Å². The lowest BCUT2D eigenvalue weighted by Gasteiger charge is -2.38. The highest BCUT2D eigenvalue weighted by Crippen LogP contribution is 2.50. The largest absolute Gasteiger partial charge is 0.463 e. The van der Waals surface area contributed by atoms with E-state index in [2.05, 4.69) is 60.1 Å². The Balaban J connectivity index is 1.64. The van der Waals surface area contributed by atoms with Crippen molar-refractivity contribution < 1.29 is 4.74 Å². The standard InChI is InChI=1S/C21H15Br2N3O/c22-15-9-16-19-11-18(13-5-2-1-3-6-13)25-26(19)21(14-7-4-8-24-12-14)27-20(16)17(23)10-15/h1-10,12,19,21H,11H2/t19-,21-/m1/s1. The number of ether oxygens (including phenoxy) is 1. The van der Waals surface area contributed by atoms with Gasteiger partial charge in [-0.3, -0.25) is 4.98 Å². The predicted molar refractivity (Wildman–Crippen MR) is 112 cm³/mol. The van der Waals surface area contributed by atoms with Gasteiger partial charge >= 0.3 is 0 Å². The quantitative estimate of drug-likeness (QED) is 0.458. The fourth-order valence-corrected chi connectivity index (χ4v) is 5.01. The molecule has 3 aromatic rings. The number of halogens is 2. The first kappa shape index (κ1) is 17.0. The maximum absolute atomic E-state index is 6.41. The molecule has 0 aliphatic carbocycles. The van der Waals surface area contributed by atoms with Crippen LogP contribution in [0.25, 0.3) is 0 Å². The molecule has 0 saturated heterocycles. The first-order chi connectivity index (χ1) is 13.2. The van der Waals surface area contributed by atoms with Crippen molar-refractivity contribution in [2.45, 2.75) is 18.7 Å².